The van der Waals surface area contributed by atoms with Crippen molar-refractivity contribution in [3.05, 3.63) is 59.4 Å². The Bertz CT molecular complexity index is 1030. The molecule has 3 aromatic rings. The van der Waals surface area contributed by atoms with Gasteiger partial charge in [-0.15, -0.1) is 0 Å². The quantitative estimate of drug-likeness (QED) is 0.457. The van der Waals surface area contributed by atoms with E-state index in [9.17, 15) is 18.0 Å². The van der Waals surface area contributed by atoms with Crippen LogP contribution >= 0.6 is 0 Å². The highest BCUT2D eigenvalue weighted by Gasteiger charge is 2.31. The number of Topliss-reactive ketones (excluding diaryl/α,β-unsaturated/α-hetero) is 1. The molecule has 162 valence electrons. The molecule has 0 fully saturated rings. The Morgan fingerprint density at radius 3 is 2.20 bits per heavy atom. The standard InChI is InChI=1S/C16H13F3N2.C8H16O/c1-10-5-3-4-6-13(10)15-11(2)20-21-8-7-12(9-14(15)21)16(17,18)19;1-5-7(9)6-8(2,3)4/h3-9H,1-2H3;5-6H2,1-4H3. The number of hydrogen-bond donors (Lipinski definition) is 0. The number of aryl methyl sites for hydroxylation is 2. The van der Waals surface area contributed by atoms with E-state index in [1.54, 1.807) is 0 Å². The number of ketones is 1. The maximum Gasteiger partial charge on any atom is 0.416 e. The van der Waals surface area contributed by atoms with Crippen LogP contribution in [0.3, 0.4) is 0 Å². The molecule has 0 N–H and O–H groups in total. The number of alkyl halides is 3. The van der Waals surface area contributed by atoms with Crippen molar-refractivity contribution in [2.24, 2.45) is 5.41 Å². The summed E-state index contributed by atoms with van der Waals surface area (Å²) in [5.74, 6) is 0.363. The third-order valence-electron chi connectivity index (χ3n) is 4.67. The second-order valence-electron chi connectivity index (χ2n) is 8.65. The number of carbonyl (C=O) groups is 1. The van der Waals surface area contributed by atoms with E-state index in [-0.39, 0.29) is 5.41 Å². The number of rotatable bonds is 3. The van der Waals surface area contributed by atoms with Gasteiger partial charge in [0, 0.05) is 24.6 Å². The lowest BCUT2D eigenvalue weighted by Gasteiger charge is -2.15. The van der Waals surface area contributed by atoms with Gasteiger partial charge in [-0.25, -0.2) is 4.52 Å². The minimum Gasteiger partial charge on any atom is -0.300 e. The SMILES string of the molecule is CCC(=O)CC(C)(C)C.Cc1ccccc1-c1c(C)nn2ccc(C(F)(F)F)cc12. The number of nitrogens with zero attached hydrogens (tertiary/aromatic N) is 2. The van der Waals surface area contributed by atoms with E-state index in [2.05, 4.69) is 25.9 Å². The van der Waals surface area contributed by atoms with Crippen molar-refractivity contribution in [2.45, 2.75) is 60.6 Å². The van der Waals surface area contributed by atoms with Crippen LogP contribution in [0, 0.1) is 19.3 Å². The molecule has 0 bridgehead atoms. The Hall–Kier alpha value is -2.63. The molecule has 0 aliphatic heterocycles. The zero-order chi connectivity index (χ0) is 22.7. The van der Waals surface area contributed by atoms with Crippen molar-refractivity contribution >= 4 is 11.3 Å². The fraction of sp³-hybridized carbons (Fsp3) is 0.417. The highest BCUT2D eigenvalue weighted by atomic mass is 19.4. The lowest BCUT2D eigenvalue weighted by atomic mass is 9.89. The lowest BCUT2D eigenvalue weighted by Crippen LogP contribution is -2.11. The summed E-state index contributed by atoms with van der Waals surface area (Å²) >= 11 is 0. The molecule has 0 amide bonds. The van der Waals surface area contributed by atoms with E-state index in [1.807, 2.05) is 45.0 Å². The summed E-state index contributed by atoms with van der Waals surface area (Å²) in [4.78, 5) is 10.8. The summed E-state index contributed by atoms with van der Waals surface area (Å²) in [5.41, 5.74) is 3.36. The first-order valence-electron chi connectivity index (χ1n) is 9.97. The third kappa shape index (κ3) is 5.94. The summed E-state index contributed by atoms with van der Waals surface area (Å²) in [7, 11) is 0. The smallest absolute Gasteiger partial charge is 0.300 e. The zero-order valence-corrected chi connectivity index (χ0v) is 18.4. The predicted molar refractivity (Wildman–Crippen MR) is 114 cm³/mol. The van der Waals surface area contributed by atoms with Crippen molar-refractivity contribution in [3.8, 4) is 11.1 Å². The maximum atomic E-state index is 12.9. The van der Waals surface area contributed by atoms with E-state index in [0.29, 0.717) is 29.8 Å². The number of aromatic nitrogens is 2. The zero-order valence-electron chi connectivity index (χ0n) is 18.4. The molecule has 0 unspecified atom stereocenters. The number of benzene rings is 1. The van der Waals surface area contributed by atoms with Gasteiger partial charge >= 0.3 is 6.18 Å². The van der Waals surface area contributed by atoms with E-state index in [1.165, 1.54) is 10.7 Å². The second kappa shape index (κ2) is 9.02. The molecule has 0 spiro atoms. The number of pyridine rings is 1. The fourth-order valence-corrected chi connectivity index (χ4v) is 3.24. The molecule has 6 heteroatoms. The Labute approximate surface area is 175 Å². The highest BCUT2D eigenvalue weighted by molar-refractivity contribution is 5.84. The Morgan fingerprint density at radius 2 is 1.70 bits per heavy atom. The van der Waals surface area contributed by atoms with Crippen LogP contribution in [-0.2, 0) is 11.0 Å². The van der Waals surface area contributed by atoms with Crippen LogP contribution < -0.4 is 0 Å². The summed E-state index contributed by atoms with van der Waals surface area (Å²) < 4.78 is 40.2. The molecule has 0 aliphatic rings. The molecule has 2 aromatic heterocycles. The molecular formula is C24H29F3N2O. The van der Waals surface area contributed by atoms with Crippen molar-refractivity contribution in [2.75, 3.05) is 0 Å². The predicted octanol–water partition coefficient (Wildman–Crippen LogP) is 7.04. The number of halogens is 3. The van der Waals surface area contributed by atoms with E-state index in [4.69, 9.17) is 0 Å². The van der Waals surface area contributed by atoms with Gasteiger partial charge in [-0.2, -0.15) is 18.3 Å². The number of carbonyl (C=O) groups excluding carboxylic acids is 1. The van der Waals surface area contributed by atoms with Crippen LogP contribution in [0.5, 0.6) is 0 Å². The van der Waals surface area contributed by atoms with Crippen molar-refractivity contribution in [1.82, 2.24) is 9.61 Å². The van der Waals surface area contributed by atoms with Crippen LogP contribution in [0.2, 0.25) is 0 Å². The molecule has 0 aliphatic carbocycles. The van der Waals surface area contributed by atoms with Gasteiger partial charge in [0.1, 0.15) is 5.78 Å². The lowest BCUT2D eigenvalue weighted by molar-refractivity contribution is -0.137. The Balaban J connectivity index is 0.000000303. The van der Waals surface area contributed by atoms with Gasteiger partial charge in [-0.1, -0.05) is 52.0 Å². The van der Waals surface area contributed by atoms with Crippen LogP contribution in [0.15, 0.2) is 42.6 Å². The molecule has 3 rings (SSSR count). The van der Waals surface area contributed by atoms with Crippen LogP contribution in [0.4, 0.5) is 13.2 Å². The highest BCUT2D eigenvalue weighted by Crippen LogP contribution is 2.35. The van der Waals surface area contributed by atoms with Gasteiger partial charge in [-0.3, -0.25) is 4.79 Å². The van der Waals surface area contributed by atoms with Crippen molar-refractivity contribution < 1.29 is 18.0 Å². The molecule has 1 aromatic carbocycles. The minimum atomic E-state index is -4.36. The molecule has 2 heterocycles. The van der Waals surface area contributed by atoms with Gasteiger partial charge < -0.3 is 0 Å². The van der Waals surface area contributed by atoms with E-state index in [0.717, 1.165) is 28.8 Å². The summed E-state index contributed by atoms with van der Waals surface area (Å²) in [6.07, 6.45) is -1.61. The summed E-state index contributed by atoms with van der Waals surface area (Å²) in [5, 5.41) is 4.30. The van der Waals surface area contributed by atoms with Crippen molar-refractivity contribution in [1.29, 1.82) is 0 Å². The van der Waals surface area contributed by atoms with Gasteiger partial charge in [-0.05, 0) is 42.5 Å². The van der Waals surface area contributed by atoms with Crippen LogP contribution in [-0.4, -0.2) is 15.4 Å². The first kappa shape index (κ1) is 23.6. The van der Waals surface area contributed by atoms with Crippen LogP contribution in [0.25, 0.3) is 16.6 Å². The first-order valence-corrected chi connectivity index (χ1v) is 9.97. The van der Waals surface area contributed by atoms with E-state index >= 15 is 0 Å². The van der Waals surface area contributed by atoms with Gasteiger partial charge in [0.15, 0.2) is 0 Å². The number of fused-ring (bicyclic) bond motifs is 1. The first-order chi connectivity index (χ1) is 13.8. The minimum absolute atomic E-state index is 0.174. The van der Waals surface area contributed by atoms with Gasteiger partial charge in [0.2, 0.25) is 0 Å². The van der Waals surface area contributed by atoms with Gasteiger partial charge in [0.25, 0.3) is 0 Å². The van der Waals surface area contributed by atoms with E-state index < -0.39 is 11.7 Å². The molecule has 30 heavy (non-hydrogen) atoms. The van der Waals surface area contributed by atoms with Crippen molar-refractivity contribution in [3.63, 3.8) is 0 Å². The summed E-state index contributed by atoms with van der Waals surface area (Å²) in [6.45, 7) is 11.9. The van der Waals surface area contributed by atoms with Gasteiger partial charge in [0.05, 0.1) is 16.8 Å². The molecular weight excluding hydrogens is 389 g/mol. The number of hydrogen-bond acceptors (Lipinski definition) is 2. The Morgan fingerprint density at radius 1 is 1.07 bits per heavy atom. The second-order valence-corrected chi connectivity index (χ2v) is 8.65. The average molecular weight is 419 g/mol. The van der Waals surface area contributed by atoms with Crippen LogP contribution in [0.1, 0.15) is 57.4 Å². The largest absolute Gasteiger partial charge is 0.416 e. The topological polar surface area (TPSA) is 34.4 Å². The third-order valence-corrected chi connectivity index (χ3v) is 4.67. The Kier molecular flexibility index (Phi) is 7.11. The molecule has 0 radical (unpaired) electrons. The monoisotopic (exact) mass is 418 g/mol. The maximum absolute atomic E-state index is 12.9. The fourth-order valence-electron chi connectivity index (χ4n) is 3.24. The normalized spacial score (nSPS) is 11.9. The molecule has 0 saturated heterocycles. The molecule has 0 saturated carbocycles. The molecule has 0 atom stereocenters. The average Bonchev–Trinajstić information content (AvgIpc) is 2.95. The summed E-state index contributed by atoms with van der Waals surface area (Å²) in [6, 6.07) is 9.81. The molecule has 3 nitrogen and oxygen atoms in total.